The van der Waals surface area contributed by atoms with Gasteiger partial charge >= 0.3 is 0 Å². The van der Waals surface area contributed by atoms with Gasteiger partial charge in [0.1, 0.15) is 5.78 Å². The Kier molecular flexibility index (Phi) is 2.58. The Bertz CT molecular complexity index is 462. The van der Waals surface area contributed by atoms with E-state index in [1.807, 2.05) is 30.3 Å². The number of rotatable bonds is 3. The number of hydrogen-bond acceptors (Lipinski definition) is 4. The van der Waals surface area contributed by atoms with Crippen molar-refractivity contribution in [2.75, 3.05) is 0 Å². The van der Waals surface area contributed by atoms with Crippen molar-refractivity contribution in [1.29, 1.82) is 0 Å². The van der Waals surface area contributed by atoms with Gasteiger partial charge < -0.3 is 4.52 Å². The first-order valence-corrected chi connectivity index (χ1v) is 4.63. The SMILES string of the molecule is CC(=O)Cc1noc(-c2ccccc2)n1. The lowest BCUT2D eigenvalue weighted by Crippen LogP contribution is -1.97. The van der Waals surface area contributed by atoms with Crippen molar-refractivity contribution in [3.05, 3.63) is 36.2 Å². The van der Waals surface area contributed by atoms with Crippen LogP contribution in [0.15, 0.2) is 34.9 Å². The van der Waals surface area contributed by atoms with E-state index in [0.29, 0.717) is 11.7 Å². The van der Waals surface area contributed by atoms with Gasteiger partial charge in [0.25, 0.3) is 5.89 Å². The molecule has 15 heavy (non-hydrogen) atoms. The molecule has 0 fully saturated rings. The topological polar surface area (TPSA) is 56.0 Å². The van der Waals surface area contributed by atoms with Crippen LogP contribution in [0.2, 0.25) is 0 Å². The van der Waals surface area contributed by atoms with Crippen LogP contribution in [-0.2, 0) is 11.2 Å². The smallest absolute Gasteiger partial charge is 0.257 e. The second kappa shape index (κ2) is 4.04. The molecule has 0 aliphatic rings. The zero-order chi connectivity index (χ0) is 10.7. The van der Waals surface area contributed by atoms with Gasteiger partial charge in [0.05, 0.1) is 6.42 Å². The Morgan fingerprint density at radius 3 is 2.73 bits per heavy atom. The van der Waals surface area contributed by atoms with Gasteiger partial charge in [-0.05, 0) is 19.1 Å². The van der Waals surface area contributed by atoms with Crippen LogP contribution in [0.4, 0.5) is 0 Å². The lowest BCUT2D eigenvalue weighted by molar-refractivity contribution is -0.116. The highest BCUT2D eigenvalue weighted by atomic mass is 16.5. The number of aromatic nitrogens is 2. The van der Waals surface area contributed by atoms with Gasteiger partial charge in [-0.3, -0.25) is 4.79 Å². The predicted molar refractivity (Wildman–Crippen MR) is 54.1 cm³/mol. The summed E-state index contributed by atoms with van der Waals surface area (Å²) in [6, 6.07) is 9.46. The molecule has 0 saturated carbocycles. The second-order valence-corrected chi connectivity index (χ2v) is 3.26. The van der Waals surface area contributed by atoms with Gasteiger partial charge in [0, 0.05) is 5.56 Å². The maximum Gasteiger partial charge on any atom is 0.257 e. The molecule has 1 aromatic heterocycles. The van der Waals surface area contributed by atoms with E-state index in [1.165, 1.54) is 6.92 Å². The Morgan fingerprint density at radius 1 is 1.33 bits per heavy atom. The molecule has 0 aliphatic heterocycles. The van der Waals surface area contributed by atoms with Gasteiger partial charge in [0.15, 0.2) is 5.82 Å². The van der Waals surface area contributed by atoms with E-state index in [-0.39, 0.29) is 12.2 Å². The van der Waals surface area contributed by atoms with Crippen LogP contribution >= 0.6 is 0 Å². The maximum absolute atomic E-state index is 10.8. The molecule has 0 radical (unpaired) electrons. The first-order valence-electron chi connectivity index (χ1n) is 4.63. The largest absolute Gasteiger partial charge is 0.334 e. The molecule has 1 aromatic carbocycles. The number of ketones is 1. The normalized spacial score (nSPS) is 10.2. The minimum Gasteiger partial charge on any atom is -0.334 e. The lowest BCUT2D eigenvalue weighted by Gasteiger charge is -1.90. The summed E-state index contributed by atoms with van der Waals surface area (Å²) in [5, 5.41) is 3.73. The van der Waals surface area contributed by atoms with Crippen LogP contribution in [0.1, 0.15) is 12.7 Å². The Balaban J connectivity index is 2.24. The molecule has 0 unspecified atom stereocenters. The van der Waals surface area contributed by atoms with Gasteiger partial charge in [-0.25, -0.2) is 0 Å². The van der Waals surface area contributed by atoms with E-state index < -0.39 is 0 Å². The quantitative estimate of drug-likeness (QED) is 0.762. The van der Waals surface area contributed by atoms with Gasteiger partial charge in [-0.15, -0.1) is 0 Å². The molecular formula is C11H10N2O2. The van der Waals surface area contributed by atoms with Gasteiger partial charge in [-0.1, -0.05) is 23.4 Å². The lowest BCUT2D eigenvalue weighted by atomic mass is 10.2. The zero-order valence-electron chi connectivity index (χ0n) is 8.30. The highest BCUT2D eigenvalue weighted by Gasteiger charge is 2.09. The zero-order valence-corrected chi connectivity index (χ0v) is 8.30. The average Bonchev–Trinajstić information content (AvgIpc) is 2.67. The Labute approximate surface area is 86.9 Å². The van der Waals surface area contributed by atoms with Crippen molar-refractivity contribution in [3.8, 4) is 11.5 Å². The molecule has 0 saturated heterocycles. The first kappa shape index (κ1) is 9.58. The van der Waals surface area contributed by atoms with Crippen molar-refractivity contribution in [2.45, 2.75) is 13.3 Å². The Hall–Kier alpha value is -1.97. The number of carbonyl (C=O) groups is 1. The monoisotopic (exact) mass is 202 g/mol. The van der Waals surface area contributed by atoms with E-state index in [0.717, 1.165) is 5.56 Å². The molecule has 0 N–H and O–H groups in total. The van der Waals surface area contributed by atoms with Crippen molar-refractivity contribution in [1.82, 2.24) is 10.1 Å². The van der Waals surface area contributed by atoms with Gasteiger partial charge in [0.2, 0.25) is 0 Å². The summed E-state index contributed by atoms with van der Waals surface area (Å²) in [5.41, 5.74) is 0.861. The van der Waals surface area contributed by atoms with Crippen molar-refractivity contribution in [3.63, 3.8) is 0 Å². The number of carbonyl (C=O) groups excluding carboxylic acids is 1. The van der Waals surface area contributed by atoms with Crippen LogP contribution in [0, 0.1) is 0 Å². The number of Topliss-reactive ketones (excluding diaryl/α,β-unsaturated/α-hetero) is 1. The van der Waals surface area contributed by atoms with Crippen molar-refractivity contribution < 1.29 is 9.32 Å². The average molecular weight is 202 g/mol. The van der Waals surface area contributed by atoms with E-state index in [1.54, 1.807) is 0 Å². The molecule has 0 spiro atoms. The summed E-state index contributed by atoms with van der Waals surface area (Å²) in [6.45, 7) is 1.50. The third-order valence-corrected chi connectivity index (χ3v) is 1.90. The summed E-state index contributed by atoms with van der Waals surface area (Å²) in [4.78, 5) is 15.0. The summed E-state index contributed by atoms with van der Waals surface area (Å²) < 4.78 is 5.04. The standard InChI is InChI=1S/C11H10N2O2/c1-8(14)7-10-12-11(15-13-10)9-5-3-2-4-6-9/h2-6H,7H2,1H3. The second-order valence-electron chi connectivity index (χ2n) is 3.26. The number of hydrogen-bond donors (Lipinski definition) is 0. The van der Waals surface area contributed by atoms with Crippen molar-refractivity contribution >= 4 is 5.78 Å². The summed E-state index contributed by atoms with van der Waals surface area (Å²) in [7, 11) is 0. The molecule has 2 aromatic rings. The van der Waals surface area contributed by atoms with Gasteiger partial charge in [-0.2, -0.15) is 4.98 Å². The van der Waals surface area contributed by atoms with Crippen LogP contribution < -0.4 is 0 Å². The molecule has 1 heterocycles. The highest BCUT2D eigenvalue weighted by molar-refractivity contribution is 5.77. The molecule has 76 valence electrons. The van der Waals surface area contributed by atoms with Crippen LogP contribution in [-0.4, -0.2) is 15.9 Å². The number of benzene rings is 1. The third kappa shape index (κ3) is 2.28. The minimum atomic E-state index is 0.0235. The summed E-state index contributed by atoms with van der Waals surface area (Å²) in [5.74, 6) is 0.906. The molecule has 2 rings (SSSR count). The van der Waals surface area contributed by atoms with E-state index in [9.17, 15) is 4.79 Å². The molecule has 0 amide bonds. The molecule has 4 heteroatoms. The maximum atomic E-state index is 10.8. The fraction of sp³-hybridized carbons (Fsp3) is 0.182. The third-order valence-electron chi connectivity index (χ3n) is 1.90. The summed E-state index contributed by atoms with van der Waals surface area (Å²) >= 11 is 0. The number of nitrogens with zero attached hydrogens (tertiary/aromatic N) is 2. The van der Waals surface area contributed by atoms with Crippen LogP contribution in [0.3, 0.4) is 0 Å². The van der Waals surface area contributed by atoms with E-state index in [4.69, 9.17) is 4.52 Å². The highest BCUT2D eigenvalue weighted by Crippen LogP contribution is 2.15. The molecule has 0 atom stereocenters. The van der Waals surface area contributed by atoms with E-state index in [2.05, 4.69) is 10.1 Å². The molecule has 4 nitrogen and oxygen atoms in total. The molecule has 0 aliphatic carbocycles. The fourth-order valence-electron chi connectivity index (χ4n) is 1.25. The van der Waals surface area contributed by atoms with E-state index >= 15 is 0 Å². The first-order chi connectivity index (χ1) is 7.25. The minimum absolute atomic E-state index is 0.0235. The fourth-order valence-corrected chi connectivity index (χ4v) is 1.25. The summed E-state index contributed by atoms with van der Waals surface area (Å²) in [6.07, 6.45) is 0.219. The molecular weight excluding hydrogens is 192 g/mol. The van der Waals surface area contributed by atoms with Crippen LogP contribution in [0.25, 0.3) is 11.5 Å². The predicted octanol–water partition coefficient (Wildman–Crippen LogP) is 1.87. The Morgan fingerprint density at radius 2 is 2.07 bits per heavy atom. The van der Waals surface area contributed by atoms with Crippen molar-refractivity contribution in [2.24, 2.45) is 0 Å². The van der Waals surface area contributed by atoms with Crippen LogP contribution in [0.5, 0.6) is 0 Å². The molecule has 0 bridgehead atoms.